The number of halogens is 2. The Bertz CT molecular complexity index is 1140. The second-order valence-corrected chi connectivity index (χ2v) is 10.6. The van der Waals surface area contributed by atoms with E-state index in [9.17, 15) is 13.6 Å². The molecule has 0 saturated carbocycles. The molecule has 3 fully saturated rings. The predicted octanol–water partition coefficient (Wildman–Crippen LogP) is 4.05. The van der Waals surface area contributed by atoms with E-state index in [1.165, 1.54) is 24.7 Å². The van der Waals surface area contributed by atoms with Crippen molar-refractivity contribution in [3.8, 4) is 0 Å². The molecule has 5 rings (SSSR count). The Morgan fingerprint density at radius 2 is 2.00 bits per heavy atom. The zero-order chi connectivity index (χ0) is 27.4. The van der Waals surface area contributed by atoms with Crippen LogP contribution in [0.25, 0.3) is 0 Å². The highest BCUT2D eigenvalue weighted by Gasteiger charge is 2.37. The van der Waals surface area contributed by atoms with E-state index in [2.05, 4.69) is 56.5 Å². The van der Waals surface area contributed by atoms with Crippen molar-refractivity contribution < 1.29 is 18.3 Å². The standard InChI is InChI=1S/C28H39F2N7O2/c1-3-19-14-20(37-16-21-6-7-22(17-37)35(21)2)8-9-24(19)33-28-32-15-23(26(29)30)27(34-28)31-10-4-11-36-12-5-13-39-18-25(36)38/h8-9,14-15,21-22,26H,3-7,10-13,16-18H2,1-2H3,(H2,31,32,33,34)/t21-,22+. The van der Waals surface area contributed by atoms with Gasteiger partial charge in [0.05, 0.1) is 5.56 Å². The van der Waals surface area contributed by atoms with Gasteiger partial charge in [-0.05, 0) is 62.9 Å². The highest BCUT2D eigenvalue weighted by Crippen LogP contribution is 2.34. The fourth-order valence-corrected chi connectivity index (χ4v) is 5.84. The lowest BCUT2D eigenvalue weighted by Gasteiger charge is -2.40. The Labute approximate surface area is 228 Å². The maximum atomic E-state index is 13.7. The number of aryl methyl sites for hydroxylation is 1. The Morgan fingerprint density at radius 3 is 2.74 bits per heavy atom. The van der Waals surface area contributed by atoms with Crippen molar-refractivity contribution in [1.82, 2.24) is 19.8 Å². The zero-order valence-electron chi connectivity index (χ0n) is 22.8. The van der Waals surface area contributed by atoms with Crippen LogP contribution in [0, 0.1) is 0 Å². The van der Waals surface area contributed by atoms with Crippen LogP contribution in [0.4, 0.5) is 31.9 Å². The monoisotopic (exact) mass is 543 g/mol. The Morgan fingerprint density at radius 1 is 1.21 bits per heavy atom. The van der Waals surface area contributed by atoms with Gasteiger partial charge in [0.1, 0.15) is 12.4 Å². The molecule has 9 nitrogen and oxygen atoms in total. The summed E-state index contributed by atoms with van der Waals surface area (Å²) in [6, 6.07) is 7.59. The smallest absolute Gasteiger partial charge is 0.268 e. The number of hydrogen-bond donors (Lipinski definition) is 2. The third-order valence-corrected chi connectivity index (χ3v) is 8.17. The maximum Gasteiger partial charge on any atom is 0.268 e. The number of aromatic nitrogens is 2. The van der Waals surface area contributed by atoms with E-state index in [0.29, 0.717) is 44.7 Å². The average Bonchev–Trinajstić information content (AvgIpc) is 3.10. The number of ether oxygens (including phenoxy) is 1. The number of piperazine rings is 1. The predicted molar refractivity (Wildman–Crippen MR) is 148 cm³/mol. The minimum Gasteiger partial charge on any atom is -0.372 e. The molecule has 4 heterocycles. The topological polar surface area (TPSA) is 85.9 Å². The summed E-state index contributed by atoms with van der Waals surface area (Å²) in [4.78, 5) is 27.4. The molecule has 3 saturated heterocycles. The number of rotatable bonds is 10. The summed E-state index contributed by atoms with van der Waals surface area (Å²) >= 11 is 0. The maximum absolute atomic E-state index is 13.7. The molecule has 2 aromatic rings. The van der Waals surface area contributed by atoms with E-state index in [1.54, 1.807) is 4.90 Å². The third kappa shape index (κ3) is 6.41. The Hall–Kier alpha value is -3.05. The van der Waals surface area contributed by atoms with E-state index in [1.807, 2.05) is 6.07 Å². The molecule has 1 aromatic carbocycles. The highest BCUT2D eigenvalue weighted by molar-refractivity contribution is 5.77. The Balaban J connectivity index is 1.24. The summed E-state index contributed by atoms with van der Waals surface area (Å²) < 4.78 is 32.6. The molecule has 0 unspecified atom stereocenters. The number of nitrogens with one attached hydrogen (secondary N) is 2. The van der Waals surface area contributed by atoms with Crippen LogP contribution in [0.2, 0.25) is 0 Å². The van der Waals surface area contributed by atoms with Crippen LogP contribution in [0.1, 0.15) is 50.2 Å². The summed E-state index contributed by atoms with van der Waals surface area (Å²) in [7, 11) is 2.23. The molecule has 1 amide bonds. The number of hydrogen-bond acceptors (Lipinski definition) is 8. The van der Waals surface area contributed by atoms with Crippen molar-refractivity contribution in [2.75, 3.05) is 68.5 Å². The molecule has 0 spiro atoms. The first-order valence-corrected chi connectivity index (χ1v) is 14.0. The van der Waals surface area contributed by atoms with Crippen molar-refractivity contribution in [2.45, 2.75) is 57.5 Å². The number of carbonyl (C=O) groups is 1. The molecule has 39 heavy (non-hydrogen) atoms. The van der Waals surface area contributed by atoms with Gasteiger partial charge >= 0.3 is 0 Å². The van der Waals surface area contributed by atoms with Gasteiger partial charge in [-0.2, -0.15) is 4.98 Å². The number of alkyl halides is 2. The van der Waals surface area contributed by atoms with Gasteiger partial charge < -0.3 is 25.2 Å². The number of likely N-dealkylation sites (N-methyl/N-ethyl adjacent to an activating group) is 1. The van der Waals surface area contributed by atoms with Gasteiger partial charge in [0.25, 0.3) is 6.43 Å². The molecule has 3 aliphatic heterocycles. The molecular weight excluding hydrogens is 504 g/mol. The minimum absolute atomic E-state index is 0.0352. The minimum atomic E-state index is -2.70. The molecule has 3 aliphatic rings. The van der Waals surface area contributed by atoms with Crippen molar-refractivity contribution in [3.63, 3.8) is 0 Å². The van der Waals surface area contributed by atoms with Gasteiger partial charge in [0.15, 0.2) is 0 Å². The summed E-state index contributed by atoms with van der Waals surface area (Å²) in [6.45, 7) is 6.45. The van der Waals surface area contributed by atoms with E-state index in [0.717, 1.165) is 37.2 Å². The van der Waals surface area contributed by atoms with Crippen molar-refractivity contribution in [2.24, 2.45) is 0 Å². The molecule has 0 aliphatic carbocycles. The molecule has 2 atom stereocenters. The first-order valence-electron chi connectivity index (χ1n) is 14.0. The molecule has 11 heteroatoms. The van der Waals surface area contributed by atoms with Gasteiger partial charge in [0.2, 0.25) is 11.9 Å². The summed E-state index contributed by atoms with van der Waals surface area (Å²) in [5.74, 6) is 0.337. The van der Waals surface area contributed by atoms with Crippen LogP contribution >= 0.6 is 0 Å². The van der Waals surface area contributed by atoms with E-state index in [4.69, 9.17) is 4.74 Å². The SMILES string of the molecule is CCc1cc(N2C[C@H]3CC[C@@H](C2)N3C)ccc1Nc1ncc(C(F)F)c(NCCCN2CCCOCC2=O)n1. The fourth-order valence-electron chi connectivity index (χ4n) is 5.84. The van der Waals surface area contributed by atoms with Crippen molar-refractivity contribution in [1.29, 1.82) is 0 Å². The summed E-state index contributed by atoms with van der Waals surface area (Å²) in [5.41, 5.74) is 2.97. The third-order valence-electron chi connectivity index (χ3n) is 8.17. The van der Waals surface area contributed by atoms with Crippen molar-refractivity contribution in [3.05, 3.63) is 35.5 Å². The first-order chi connectivity index (χ1) is 18.9. The second-order valence-electron chi connectivity index (χ2n) is 10.6. The van der Waals surface area contributed by atoms with Crippen LogP contribution in [-0.2, 0) is 16.0 Å². The number of carbonyl (C=O) groups excluding carboxylic acids is 1. The van der Waals surface area contributed by atoms with E-state index < -0.39 is 6.43 Å². The van der Waals surface area contributed by atoms with Gasteiger partial charge in [-0.25, -0.2) is 13.8 Å². The van der Waals surface area contributed by atoms with Crippen LogP contribution in [0.5, 0.6) is 0 Å². The summed E-state index contributed by atoms with van der Waals surface area (Å²) in [6.07, 6.45) is 3.21. The van der Waals surface area contributed by atoms with Gasteiger partial charge in [0, 0.05) is 69.0 Å². The molecule has 2 N–H and O–H groups in total. The fraction of sp³-hybridized carbons (Fsp3) is 0.607. The lowest BCUT2D eigenvalue weighted by atomic mass is 10.1. The summed E-state index contributed by atoms with van der Waals surface area (Å²) in [5, 5.41) is 6.29. The second kappa shape index (κ2) is 12.4. The van der Waals surface area contributed by atoms with Gasteiger partial charge in [-0.1, -0.05) is 6.92 Å². The number of anilines is 4. The van der Waals surface area contributed by atoms with Crippen LogP contribution in [-0.4, -0.2) is 90.7 Å². The largest absolute Gasteiger partial charge is 0.372 e. The van der Waals surface area contributed by atoms with Gasteiger partial charge in [-0.15, -0.1) is 0 Å². The normalized spacial score (nSPS) is 21.9. The Kier molecular flexibility index (Phi) is 8.76. The van der Waals surface area contributed by atoms with Crippen LogP contribution < -0.4 is 15.5 Å². The zero-order valence-corrected chi connectivity index (χ0v) is 22.8. The van der Waals surface area contributed by atoms with Gasteiger partial charge in [-0.3, -0.25) is 9.69 Å². The van der Waals surface area contributed by atoms with Crippen LogP contribution in [0.15, 0.2) is 24.4 Å². The molecule has 2 bridgehead atoms. The van der Waals surface area contributed by atoms with Crippen molar-refractivity contribution >= 4 is 29.0 Å². The highest BCUT2D eigenvalue weighted by atomic mass is 19.3. The number of amides is 1. The first kappa shape index (κ1) is 27.5. The number of nitrogens with zero attached hydrogens (tertiary/aromatic N) is 5. The lowest BCUT2D eigenvalue weighted by molar-refractivity contribution is -0.133. The molecular formula is C28H39F2N7O2. The van der Waals surface area contributed by atoms with E-state index >= 15 is 0 Å². The molecule has 1 aromatic heterocycles. The quantitative estimate of drug-likeness (QED) is 0.434. The van der Waals surface area contributed by atoms with Crippen LogP contribution in [0.3, 0.4) is 0 Å². The number of benzene rings is 1. The molecule has 212 valence electrons. The number of fused-ring (bicyclic) bond motifs is 2. The lowest BCUT2D eigenvalue weighted by Crippen LogP contribution is -2.52. The van der Waals surface area contributed by atoms with E-state index in [-0.39, 0.29) is 29.8 Å². The average molecular weight is 544 g/mol. The molecule has 0 radical (unpaired) electrons.